The first-order valence-corrected chi connectivity index (χ1v) is 5.82. The van der Waals surface area contributed by atoms with Crippen LogP contribution in [0.5, 0.6) is 0 Å². The number of furan rings is 1. The predicted octanol–water partition coefficient (Wildman–Crippen LogP) is 2.25. The molecule has 1 atom stereocenters. The van der Waals surface area contributed by atoms with E-state index in [4.69, 9.17) is 14.3 Å². The van der Waals surface area contributed by atoms with Gasteiger partial charge in [-0.2, -0.15) is 0 Å². The third-order valence-electron chi connectivity index (χ3n) is 2.23. The number of carboxylic acid groups (broad SMARTS) is 1. The number of thioether (sulfide) groups is 1. The normalized spacial score (nSPS) is 20.7. The van der Waals surface area contributed by atoms with Crippen LogP contribution < -0.4 is 0 Å². The zero-order chi connectivity index (χ0) is 10.7. The summed E-state index contributed by atoms with van der Waals surface area (Å²) in [6, 6.07) is 3.16. The van der Waals surface area contributed by atoms with Crippen molar-refractivity contribution in [1.82, 2.24) is 0 Å². The van der Waals surface area contributed by atoms with Gasteiger partial charge in [0.25, 0.3) is 0 Å². The van der Waals surface area contributed by atoms with Gasteiger partial charge in [-0.15, -0.1) is 0 Å². The quantitative estimate of drug-likeness (QED) is 0.801. The summed E-state index contributed by atoms with van der Waals surface area (Å²) in [5.41, 5.74) is 0. The molecule has 4 nitrogen and oxygen atoms in total. The van der Waals surface area contributed by atoms with Crippen molar-refractivity contribution in [2.24, 2.45) is 0 Å². The van der Waals surface area contributed by atoms with Gasteiger partial charge in [0.15, 0.2) is 5.09 Å². The Morgan fingerprint density at radius 1 is 1.60 bits per heavy atom. The highest BCUT2D eigenvalue weighted by molar-refractivity contribution is 7.99. The molecule has 1 N–H and O–H groups in total. The van der Waals surface area contributed by atoms with E-state index in [0.717, 1.165) is 25.2 Å². The van der Waals surface area contributed by atoms with E-state index >= 15 is 0 Å². The van der Waals surface area contributed by atoms with Crippen molar-refractivity contribution < 1.29 is 19.1 Å². The maximum Gasteiger partial charge on any atom is 0.371 e. The van der Waals surface area contributed by atoms with E-state index in [2.05, 4.69) is 0 Å². The molecule has 1 aromatic rings. The molecule has 15 heavy (non-hydrogen) atoms. The fourth-order valence-electron chi connectivity index (χ4n) is 1.46. The average molecular weight is 228 g/mol. The monoisotopic (exact) mass is 228 g/mol. The molecule has 0 radical (unpaired) electrons. The minimum atomic E-state index is -1.03. The van der Waals surface area contributed by atoms with Crippen molar-refractivity contribution in [1.29, 1.82) is 0 Å². The second-order valence-electron chi connectivity index (χ2n) is 3.37. The third-order valence-corrected chi connectivity index (χ3v) is 3.27. The van der Waals surface area contributed by atoms with Crippen LogP contribution in [0.4, 0.5) is 0 Å². The molecule has 1 aliphatic rings. The van der Waals surface area contributed by atoms with Crippen LogP contribution in [0.1, 0.15) is 23.4 Å². The fourth-order valence-corrected chi connectivity index (χ4v) is 2.39. The fraction of sp³-hybridized carbons (Fsp3) is 0.500. The van der Waals surface area contributed by atoms with E-state index in [0.29, 0.717) is 5.09 Å². The highest BCUT2D eigenvalue weighted by Crippen LogP contribution is 2.25. The van der Waals surface area contributed by atoms with Gasteiger partial charge in [0, 0.05) is 12.4 Å². The Morgan fingerprint density at radius 2 is 2.47 bits per heavy atom. The summed E-state index contributed by atoms with van der Waals surface area (Å²) >= 11 is 1.50. The highest BCUT2D eigenvalue weighted by Gasteiger charge is 2.17. The summed E-state index contributed by atoms with van der Waals surface area (Å²) in [7, 11) is 0. The van der Waals surface area contributed by atoms with E-state index < -0.39 is 5.97 Å². The van der Waals surface area contributed by atoms with Crippen molar-refractivity contribution in [3.8, 4) is 0 Å². The lowest BCUT2D eigenvalue weighted by Crippen LogP contribution is -2.07. The molecule has 2 rings (SSSR count). The molecule has 0 saturated carbocycles. The first-order chi connectivity index (χ1) is 7.25. The van der Waals surface area contributed by atoms with Crippen LogP contribution in [0.2, 0.25) is 0 Å². The van der Waals surface area contributed by atoms with Crippen molar-refractivity contribution >= 4 is 17.7 Å². The molecule has 0 spiro atoms. The Hall–Kier alpha value is -0.940. The molecule has 0 bridgehead atoms. The van der Waals surface area contributed by atoms with E-state index in [1.807, 2.05) is 0 Å². The summed E-state index contributed by atoms with van der Waals surface area (Å²) in [5.74, 6) is -0.212. The number of hydrogen-bond donors (Lipinski definition) is 1. The predicted molar refractivity (Wildman–Crippen MR) is 55.4 cm³/mol. The Morgan fingerprint density at radius 3 is 3.07 bits per heavy atom. The van der Waals surface area contributed by atoms with E-state index in [9.17, 15) is 4.79 Å². The van der Waals surface area contributed by atoms with Gasteiger partial charge in [-0.05, 0) is 25.0 Å². The molecule has 2 heterocycles. The van der Waals surface area contributed by atoms with Crippen LogP contribution in [-0.4, -0.2) is 29.5 Å². The second kappa shape index (κ2) is 4.72. The summed E-state index contributed by atoms with van der Waals surface area (Å²) in [6.07, 6.45) is 2.48. The van der Waals surface area contributed by atoms with Crippen LogP contribution in [0.3, 0.4) is 0 Å². The number of carboxylic acids is 1. The number of ether oxygens (including phenoxy) is 1. The lowest BCUT2D eigenvalue weighted by molar-refractivity contribution is 0.0656. The SMILES string of the molecule is O=C(O)c1ccc(SCC2CCCO2)o1. The molecule has 1 unspecified atom stereocenters. The standard InChI is InChI=1S/C10H12O4S/c11-10(12)8-3-4-9(14-8)15-6-7-2-1-5-13-7/h3-4,7H,1-2,5-6H2,(H,11,12). The first kappa shape index (κ1) is 10.6. The van der Waals surface area contributed by atoms with Gasteiger partial charge < -0.3 is 14.3 Å². The Balaban J connectivity index is 1.84. The van der Waals surface area contributed by atoms with Gasteiger partial charge in [0.2, 0.25) is 5.76 Å². The van der Waals surface area contributed by atoms with Gasteiger partial charge in [-0.3, -0.25) is 0 Å². The molecule has 1 aromatic heterocycles. The van der Waals surface area contributed by atoms with Crippen LogP contribution in [-0.2, 0) is 4.74 Å². The minimum Gasteiger partial charge on any atom is -0.475 e. The van der Waals surface area contributed by atoms with Crippen LogP contribution in [0.25, 0.3) is 0 Å². The minimum absolute atomic E-state index is 0.00941. The molecule has 0 aliphatic carbocycles. The van der Waals surface area contributed by atoms with E-state index in [-0.39, 0.29) is 11.9 Å². The Bertz CT molecular complexity index is 341. The molecule has 0 amide bonds. The molecular weight excluding hydrogens is 216 g/mol. The van der Waals surface area contributed by atoms with Crippen LogP contribution in [0.15, 0.2) is 21.6 Å². The van der Waals surface area contributed by atoms with Crippen molar-refractivity contribution in [2.45, 2.75) is 24.0 Å². The number of rotatable bonds is 4. The zero-order valence-corrected chi connectivity index (χ0v) is 8.96. The number of aromatic carboxylic acids is 1. The first-order valence-electron chi connectivity index (χ1n) is 4.83. The van der Waals surface area contributed by atoms with Gasteiger partial charge in [-0.25, -0.2) is 4.79 Å². The molecule has 1 fully saturated rings. The van der Waals surface area contributed by atoms with Crippen molar-refractivity contribution in [2.75, 3.05) is 12.4 Å². The third kappa shape index (κ3) is 2.76. The smallest absolute Gasteiger partial charge is 0.371 e. The van der Waals surface area contributed by atoms with Gasteiger partial charge in [-0.1, -0.05) is 11.8 Å². The molecule has 82 valence electrons. The Labute approximate surface area is 91.6 Å². The number of hydrogen-bond acceptors (Lipinski definition) is 4. The van der Waals surface area contributed by atoms with E-state index in [1.165, 1.54) is 17.8 Å². The van der Waals surface area contributed by atoms with Crippen LogP contribution >= 0.6 is 11.8 Å². The van der Waals surface area contributed by atoms with Crippen molar-refractivity contribution in [3.63, 3.8) is 0 Å². The summed E-state index contributed by atoms with van der Waals surface area (Å²) in [4.78, 5) is 10.5. The molecular formula is C10H12O4S. The van der Waals surface area contributed by atoms with Crippen molar-refractivity contribution in [3.05, 3.63) is 17.9 Å². The molecule has 5 heteroatoms. The Kier molecular flexibility index (Phi) is 3.33. The lowest BCUT2D eigenvalue weighted by Gasteiger charge is -2.06. The maximum absolute atomic E-state index is 10.5. The molecule has 0 aromatic carbocycles. The lowest BCUT2D eigenvalue weighted by atomic mass is 10.3. The molecule has 1 saturated heterocycles. The second-order valence-corrected chi connectivity index (χ2v) is 4.39. The molecule has 1 aliphatic heterocycles. The highest BCUT2D eigenvalue weighted by atomic mass is 32.2. The van der Waals surface area contributed by atoms with Crippen LogP contribution in [0, 0.1) is 0 Å². The largest absolute Gasteiger partial charge is 0.475 e. The topological polar surface area (TPSA) is 59.7 Å². The maximum atomic E-state index is 10.5. The summed E-state index contributed by atoms with van der Waals surface area (Å²) in [6.45, 7) is 0.837. The average Bonchev–Trinajstić information content (AvgIpc) is 2.86. The van der Waals surface area contributed by atoms with Gasteiger partial charge in [0.1, 0.15) is 0 Å². The zero-order valence-electron chi connectivity index (χ0n) is 8.14. The number of carbonyl (C=O) groups is 1. The van der Waals surface area contributed by atoms with E-state index in [1.54, 1.807) is 6.07 Å². The van der Waals surface area contributed by atoms with Gasteiger partial charge >= 0.3 is 5.97 Å². The van der Waals surface area contributed by atoms with Gasteiger partial charge in [0.05, 0.1) is 6.10 Å². The summed E-state index contributed by atoms with van der Waals surface area (Å²) < 4.78 is 10.6. The summed E-state index contributed by atoms with van der Waals surface area (Å²) in [5, 5.41) is 9.29.